The maximum absolute atomic E-state index is 12.6. The van der Waals surface area contributed by atoms with Crippen molar-refractivity contribution in [1.29, 1.82) is 0 Å². The summed E-state index contributed by atoms with van der Waals surface area (Å²) in [5.74, 6) is 0. The van der Waals surface area contributed by atoms with Gasteiger partial charge in [0.05, 0.1) is 10.4 Å². The van der Waals surface area contributed by atoms with E-state index in [0.29, 0.717) is 11.9 Å². The first kappa shape index (κ1) is 15.1. The highest BCUT2D eigenvalue weighted by Gasteiger charge is 2.18. The molecule has 1 aromatic carbocycles. The standard InChI is InChI=1S/C16H19N3O2S/c1-12-4-5-15(14-3-2-8-18-16(12)14)22(20,21)19-11-13-6-9-17-10-7-13/h2-6,8,17,19H,7,9-11H2,1H3. The molecule has 0 spiro atoms. The lowest BCUT2D eigenvalue weighted by molar-refractivity contribution is 0.583. The zero-order chi connectivity index (χ0) is 15.6. The molecule has 116 valence electrons. The zero-order valence-corrected chi connectivity index (χ0v) is 13.3. The largest absolute Gasteiger partial charge is 0.313 e. The Balaban J connectivity index is 1.92. The van der Waals surface area contributed by atoms with E-state index in [1.807, 2.05) is 13.0 Å². The molecule has 2 aromatic rings. The first-order chi connectivity index (χ1) is 10.6. The molecule has 1 aromatic heterocycles. The Hall–Kier alpha value is -1.76. The SMILES string of the molecule is Cc1ccc(S(=O)(=O)NCC2=CCNCC2)c2cccnc12. The summed E-state index contributed by atoms with van der Waals surface area (Å²) in [6.07, 6.45) is 4.60. The van der Waals surface area contributed by atoms with Gasteiger partial charge in [0, 0.05) is 24.7 Å². The first-order valence-corrected chi connectivity index (χ1v) is 8.79. The number of aromatic nitrogens is 1. The van der Waals surface area contributed by atoms with E-state index in [1.54, 1.807) is 30.5 Å². The Morgan fingerprint density at radius 2 is 2.18 bits per heavy atom. The van der Waals surface area contributed by atoms with Gasteiger partial charge in [0.2, 0.25) is 10.0 Å². The Bertz CT molecular complexity index is 828. The van der Waals surface area contributed by atoms with Gasteiger partial charge in [-0.3, -0.25) is 4.98 Å². The summed E-state index contributed by atoms with van der Waals surface area (Å²) in [5, 5.41) is 3.87. The summed E-state index contributed by atoms with van der Waals surface area (Å²) in [6, 6.07) is 7.01. The smallest absolute Gasteiger partial charge is 0.241 e. The van der Waals surface area contributed by atoms with Crippen molar-refractivity contribution in [3.8, 4) is 0 Å². The Kier molecular flexibility index (Phi) is 4.24. The average Bonchev–Trinajstić information content (AvgIpc) is 2.54. The third kappa shape index (κ3) is 3.04. The normalized spacial score (nSPS) is 15.8. The van der Waals surface area contributed by atoms with Crippen LogP contribution in [0.4, 0.5) is 0 Å². The molecule has 0 bridgehead atoms. The van der Waals surface area contributed by atoms with E-state index in [9.17, 15) is 8.42 Å². The molecule has 6 heteroatoms. The molecule has 0 unspecified atom stereocenters. The van der Waals surface area contributed by atoms with Crippen molar-refractivity contribution in [3.63, 3.8) is 0 Å². The van der Waals surface area contributed by atoms with Crippen molar-refractivity contribution < 1.29 is 8.42 Å². The van der Waals surface area contributed by atoms with Crippen molar-refractivity contribution in [3.05, 3.63) is 47.7 Å². The molecule has 0 atom stereocenters. The number of nitrogens with one attached hydrogen (secondary N) is 2. The van der Waals surface area contributed by atoms with Crippen LogP contribution in [-0.2, 0) is 10.0 Å². The molecule has 0 aliphatic carbocycles. The molecule has 2 N–H and O–H groups in total. The lowest BCUT2D eigenvalue weighted by atomic mass is 10.1. The molecule has 0 saturated carbocycles. The van der Waals surface area contributed by atoms with Crippen LogP contribution in [0, 0.1) is 6.92 Å². The van der Waals surface area contributed by atoms with Crippen molar-refractivity contribution in [2.24, 2.45) is 0 Å². The fourth-order valence-corrected chi connectivity index (χ4v) is 3.85. The number of benzene rings is 1. The fraction of sp³-hybridized carbons (Fsp3) is 0.312. The van der Waals surface area contributed by atoms with Crippen LogP contribution < -0.4 is 10.0 Å². The second kappa shape index (κ2) is 6.16. The van der Waals surface area contributed by atoms with E-state index in [-0.39, 0.29) is 4.90 Å². The number of nitrogens with zero attached hydrogens (tertiary/aromatic N) is 1. The van der Waals surface area contributed by atoms with Crippen LogP contribution in [0.1, 0.15) is 12.0 Å². The van der Waals surface area contributed by atoms with Gasteiger partial charge in [-0.25, -0.2) is 13.1 Å². The molecule has 3 rings (SSSR count). The van der Waals surface area contributed by atoms with Gasteiger partial charge in [0.25, 0.3) is 0 Å². The van der Waals surface area contributed by atoms with Crippen LogP contribution in [0.25, 0.3) is 10.9 Å². The van der Waals surface area contributed by atoms with Gasteiger partial charge in [-0.2, -0.15) is 0 Å². The number of hydrogen-bond acceptors (Lipinski definition) is 4. The van der Waals surface area contributed by atoms with Crippen molar-refractivity contribution in [2.45, 2.75) is 18.2 Å². The first-order valence-electron chi connectivity index (χ1n) is 7.30. The van der Waals surface area contributed by atoms with Crippen LogP contribution in [-0.4, -0.2) is 33.0 Å². The second-order valence-electron chi connectivity index (χ2n) is 5.42. The molecule has 0 amide bonds. The van der Waals surface area contributed by atoms with Crippen LogP contribution in [0.2, 0.25) is 0 Å². The maximum atomic E-state index is 12.6. The highest BCUT2D eigenvalue weighted by molar-refractivity contribution is 7.89. The van der Waals surface area contributed by atoms with Gasteiger partial charge in [-0.1, -0.05) is 17.7 Å². The molecule has 1 aliphatic rings. The van der Waals surface area contributed by atoms with Crippen molar-refractivity contribution in [1.82, 2.24) is 15.0 Å². The lowest BCUT2D eigenvalue weighted by Gasteiger charge is -2.15. The molecule has 0 radical (unpaired) electrons. The Labute approximate surface area is 130 Å². The van der Waals surface area contributed by atoms with Crippen LogP contribution in [0.3, 0.4) is 0 Å². The molecular weight excluding hydrogens is 298 g/mol. The number of fused-ring (bicyclic) bond motifs is 1. The Morgan fingerprint density at radius 1 is 1.32 bits per heavy atom. The minimum Gasteiger partial charge on any atom is -0.313 e. The minimum atomic E-state index is -3.55. The minimum absolute atomic E-state index is 0.288. The second-order valence-corrected chi connectivity index (χ2v) is 7.16. The third-order valence-electron chi connectivity index (χ3n) is 3.87. The Morgan fingerprint density at radius 3 is 2.95 bits per heavy atom. The average molecular weight is 317 g/mol. The van der Waals surface area contributed by atoms with Crippen LogP contribution >= 0.6 is 0 Å². The summed E-state index contributed by atoms with van der Waals surface area (Å²) < 4.78 is 27.9. The van der Waals surface area contributed by atoms with E-state index < -0.39 is 10.0 Å². The predicted molar refractivity (Wildman–Crippen MR) is 87.2 cm³/mol. The zero-order valence-electron chi connectivity index (χ0n) is 12.5. The summed E-state index contributed by atoms with van der Waals surface area (Å²) >= 11 is 0. The van der Waals surface area contributed by atoms with Gasteiger partial charge in [0.15, 0.2) is 0 Å². The quantitative estimate of drug-likeness (QED) is 0.843. The van der Waals surface area contributed by atoms with E-state index in [4.69, 9.17) is 0 Å². The predicted octanol–water partition coefficient (Wildman–Crippen LogP) is 1.74. The summed E-state index contributed by atoms with van der Waals surface area (Å²) in [6.45, 7) is 3.98. The number of sulfonamides is 1. The monoisotopic (exact) mass is 317 g/mol. The molecular formula is C16H19N3O2S. The van der Waals surface area contributed by atoms with Crippen molar-refractivity contribution in [2.75, 3.05) is 19.6 Å². The molecule has 1 aliphatic heterocycles. The van der Waals surface area contributed by atoms with Crippen LogP contribution in [0.5, 0.6) is 0 Å². The topological polar surface area (TPSA) is 71.1 Å². The van der Waals surface area contributed by atoms with E-state index in [2.05, 4.69) is 15.0 Å². The fourth-order valence-electron chi connectivity index (χ4n) is 2.62. The molecule has 0 saturated heterocycles. The summed E-state index contributed by atoms with van der Waals surface area (Å²) in [5.41, 5.74) is 2.82. The highest BCUT2D eigenvalue weighted by Crippen LogP contribution is 2.24. The van der Waals surface area contributed by atoms with Crippen molar-refractivity contribution >= 4 is 20.9 Å². The maximum Gasteiger partial charge on any atom is 0.241 e. The molecule has 2 heterocycles. The number of pyridine rings is 1. The number of rotatable bonds is 4. The number of hydrogen-bond donors (Lipinski definition) is 2. The number of aryl methyl sites for hydroxylation is 1. The van der Waals surface area contributed by atoms with Gasteiger partial charge >= 0.3 is 0 Å². The van der Waals surface area contributed by atoms with Gasteiger partial charge in [0.1, 0.15) is 0 Å². The summed E-state index contributed by atoms with van der Waals surface area (Å²) in [4.78, 5) is 4.58. The summed E-state index contributed by atoms with van der Waals surface area (Å²) in [7, 11) is -3.55. The molecule has 5 nitrogen and oxygen atoms in total. The lowest BCUT2D eigenvalue weighted by Crippen LogP contribution is -2.29. The van der Waals surface area contributed by atoms with E-state index >= 15 is 0 Å². The van der Waals surface area contributed by atoms with Crippen LogP contribution in [0.15, 0.2) is 47.0 Å². The molecule has 0 fully saturated rings. The van der Waals surface area contributed by atoms with Gasteiger partial charge < -0.3 is 5.32 Å². The molecule has 22 heavy (non-hydrogen) atoms. The van der Waals surface area contributed by atoms with E-state index in [0.717, 1.165) is 36.2 Å². The van der Waals surface area contributed by atoms with E-state index in [1.165, 1.54) is 0 Å². The third-order valence-corrected chi connectivity index (χ3v) is 5.33. The highest BCUT2D eigenvalue weighted by atomic mass is 32.2. The van der Waals surface area contributed by atoms with Gasteiger partial charge in [-0.15, -0.1) is 0 Å². The van der Waals surface area contributed by atoms with Gasteiger partial charge in [-0.05, 0) is 43.7 Å².